The number of pyridine rings is 2. The average Bonchev–Trinajstić information content (AvgIpc) is 2.70. The van der Waals surface area contributed by atoms with Gasteiger partial charge in [0, 0.05) is 45.1 Å². The van der Waals surface area contributed by atoms with Crippen molar-refractivity contribution in [2.75, 3.05) is 0 Å². The van der Waals surface area contributed by atoms with Gasteiger partial charge in [0.05, 0.1) is 10.9 Å². The minimum absolute atomic E-state index is 0.0450. The molecule has 3 aromatic heterocycles. The van der Waals surface area contributed by atoms with Crippen LogP contribution < -0.4 is 22.1 Å². The molecule has 3 rings (SSSR count). The van der Waals surface area contributed by atoms with Crippen molar-refractivity contribution in [2.45, 2.75) is 33.5 Å². The summed E-state index contributed by atoms with van der Waals surface area (Å²) in [6.07, 6.45) is 3.23. The number of fused-ring (bicyclic) bond motifs is 1. The van der Waals surface area contributed by atoms with E-state index in [-0.39, 0.29) is 36.2 Å². The number of aromatic nitrogens is 4. The molecule has 9 nitrogen and oxygen atoms in total. The molecule has 1 amide bonds. The van der Waals surface area contributed by atoms with E-state index in [1.807, 2.05) is 0 Å². The lowest BCUT2D eigenvalue weighted by molar-refractivity contribution is 0.0952. The molecule has 0 spiro atoms. The third-order valence-electron chi connectivity index (χ3n) is 4.63. The minimum atomic E-state index is -0.589. The van der Waals surface area contributed by atoms with E-state index in [9.17, 15) is 19.2 Å². The van der Waals surface area contributed by atoms with Gasteiger partial charge in [-0.15, -0.1) is 0 Å². The zero-order valence-corrected chi connectivity index (χ0v) is 15.9. The average molecular weight is 383 g/mol. The van der Waals surface area contributed by atoms with Crippen molar-refractivity contribution in [3.05, 3.63) is 72.9 Å². The standard InChI is InChI=1S/C19H21N5O4/c1-4-23-14(25)9-13(16(26)21-11-12-7-6-8-20-10-12)15-17(23)22(3)19(28)24(5-2)18(15)27/h6-10H,4-5,11H2,1-3H3,(H,21,26). The van der Waals surface area contributed by atoms with E-state index in [4.69, 9.17) is 0 Å². The quantitative estimate of drug-likeness (QED) is 0.678. The smallest absolute Gasteiger partial charge is 0.332 e. The molecule has 28 heavy (non-hydrogen) atoms. The summed E-state index contributed by atoms with van der Waals surface area (Å²) in [6.45, 7) is 4.02. The van der Waals surface area contributed by atoms with E-state index >= 15 is 0 Å². The lowest BCUT2D eigenvalue weighted by Gasteiger charge is -2.16. The Morgan fingerprint density at radius 1 is 1.14 bits per heavy atom. The summed E-state index contributed by atoms with van der Waals surface area (Å²) in [6, 6.07) is 4.69. The van der Waals surface area contributed by atoms with E-state index in [1.165, 1.54) is 16.2 Å². The predicted octanol–water partition coefficient (Wildman–Crippen LogP) is 0.227. The Labute approximate surface area is 159 Å². The molecule has 9 heteroatoms. The Kier molecular flexibility index (Phi) is 5.25. The number of rotatable bonds is 5. The molecule has 0 unspecified atom stereocenters. The molecule has 0 saturated carbocycles. The zero-order chi connectivity index (χ0) is 20.4. The fourth-order valence-corrected chi connectivity index (χ4v) is 3.23. The molecule has 0 aromatic carbocycles. The molecule has 3 aromatic rings. The monoisotopic (exact) mass is 383 g/mol. The van der Waals surface area contributed by atoms with Crippen LogP contribution in [0.15, 0.2) is 45.0 Å². The molecule has 0 saturated heterocycles. The van der Waals surface area contributed by atoms with Crippen LogP contribution in [0.3, 0.4) is 0 Å². The van der Waals surface area contributed by atoms with E-state index in [0.717, 1.165) is 16.2 Å². The second-order valence-corrected chi connectivity index (χ2v) is 6.27. The second-order valence-electron chi connectivity index (χ2n) is 6.27. The Hall–Kier alpha value is -3.49. The van der Waals surface area contributed by atoms with Crippen molar-refractivity contribution in [2.24, 2.45) is 7.05 Å². The van der Waals surface area contributed by atoms with Crippen LogP contribution in [0.2, 0.25) is 0 Å². The SMILES string of the molecule is CCn1c(=O)c2c(C(=O)NCc3cccnc3)cc(=O)n(CC)c2n(C)c1=O. The summed E-state index contributed by atoms with van der Waals surface area (Å²) in [5.41, 5.74) is -0.702. The van der Waals surface area contributed by atoms with E-state index in [2.05, 4.69) is 10.3 Å². The fourth-order valence-electron chi connectivity index (χ4n) is 3.23. The van der Waals surface area contributed by atoms with Crippen LogP contribution in [0.5, 0.6) is 0 Å². The van der Waals surface area contributed by atoms with Crippen molar-refractivity contribution in [3.63, 3.8) is 0 Å². The van der Waals surface area contributed by atoms with Gasteiger partial charge >= 0.3 is 5.69 Å². The van der Waals surface area contributed by atoms with Crippen molar-refractivity contribution >= 4 is 16.9 Å². The molecular formula is C19H21N5O4. The highest BCUT2D eigenvalue weighted by molar-refractivity contribution is 6.05. The molecule has 0 aliphatic heterocycles. The van der Waals surface area contributed by atoms with Gasteiger partial charge in [-0.2, -0.15) is 0 Å². The lowest BCUT2D eigenvalue weighted by atomic mass is 10.1. The number of nitrogens with zero attached hydrogens (tertiary/aromatic N) is 4. The van der Waals surface area contributed by atoms with E-state index in [0.29, 0.717) is 0 Å². The Morgan fingerprint density at radius 3 is 2.46 bits per heavy atom. The first-order valence-corrected chi connectivity index (χ1v) is 8.95. The number of amides is 1. The van der Waals surface area contributed by atoms with Gasteiger partial charge in [0.25, 0.3) is 17.0 Å². The van der Waals surface area contributed by atoms with E-state index < -0.39 is 22.7 Å². The molecule has 0 aliphatic rings. The minimum Gasteiger partial charge on any atom is -0.348 e. The zero-order valence-electron chi connectivity index (χ0n) is 15.9. The lowest BCUT2D eigenvalue weighted by Crippen LogP contribution is -2.42. The summed E-state index contributed by atoms with van der Waals surface area (Å²) in [7, 11) is 1.49. The maximum Gasteiger partial charge on any atom is 0.332 e. The van der Waals surface area contributed by atoms with Crippen LogP contribution in [0, 0.1) is 0 Å². The third-order valence-corrected chi connectivity index (χ3v) is 4.63. The van der Waals surface area contributed by atoms with Gasteiger partial charge in [0.2, 0.25) is 0 Å². The van der Waals surface area contributed by atoms with Crippen LogP contribution >= 0.6 is 0 Å². The number of aryl methyl sites for hydroxylation is 2. The van der Waals surface area contributed by atoms with Gasteiger partial charge in [0.1, 0.15) is 5.65 Å². The van der Waals surface area contributed by atoms with Gasteiger partial charge in [0.15, 0.2) is 0 Å². The van der Waals surface area contributed by atoms with Crippen LogP contribution in [0.25, 0.3) is 11.0 Å². The Bertz CT molecular complexity index is 1220. The van der Waals surface area contributed by atoms with Crippen LogP contribution in [0.1, 0.15) is 29.8 Å². The molecule has 0 fully saturated rings. The molecular weight excluding hydrogens is 362 g/mol. The van der Waals surface area contributed by atoms with Crippen molar-refractivity contribution in [1.29, 1.82) is 0 Å². The Balaban J connectivity index is 2.24. The van der Waals surface area contributed by atoms with Crippen molar-refractivity contribution in [3.8, 4) is 0 Å². The second kappa shape index (κ2) is 7.63. The number of nitrogens with one attached hydrogen (secondary N) is 1. The highest BCUT2D eigenvalue weighted by atomic mass is 16.2. The first-order valence-electron chi connectivity index (χ1n) is 8.95. The summed E-state index contributed by atoms with van der Waals surface area (Å²) < 4.78 is 3.60. The largest absolute Gasteiger partial charge is 0.348 e. The highest BCUT2D eigenvalue weighted by Crippen LogP contribution is 2.12. The normalized spacial score (nSPS) is 11.0. The molecule has 0 radical (unpaired) electrons. The molecule has 1 N–H and O–H groups in total. The predicted molar refractivity (Wildman–Crippen MR) is 104 cm³/mol. The number of hydrogen-bond donors (Lipinski definition) is 1. The van der Waals surface area contributed by atoms with Crippen LogP contribution in [-0.2, 0) is 26.7 Å². The van der Waals surface area contributed by atoms with Crippen LogP contribution in [-0.4, -0.2) is 24.6 Å². The molecule has 3 heterocycles. The maximum atomic E-state index is 13.0. The molecule has 0 atom stereocenters. The van der Waals surface area contributed by atoms with Crippen molar-refractivity contribution < 1.29 is 4.79 Å². The van der Waals surface area contributed by atoms with E-state index in [1.54, 1.807) is 38.4 Å². The first-order chi connectivity index (χ1) is 13.4. The van der Waals surface area contributed by atoms with Gasteiger partial charge in [-0.25, -0.2) is 4.79 Å². The maximum absolute atomic E-state index is 13.0. The van der Waals surface area contributed by atoms with Gasteiger partial charge in [-0.3, -0.25) is 33.1 Å². The Morgan fingerprint density at radius 2 is 1.86 bits per heavy atom. The third kappa shape index (κ3) is 3.15. The summed E-state index contributed by atoms with van der Waals surface area (Å²) in [5, 5.41) is 2.76. The van der Waals surface area contributed by atoms with Crippen molar-refractivity contribution in [1.82, 2.24) is 24.0 Å². The summed E-state index contributed by atoms with van der Waals surface area (Å²) in [5.74, 6) is -0.562. The topological polar surface area (TPSA) is 108 Å². The molecule has 0 bridgehead atoms. The first kappa shape index (κ1) is 19.3. The molecule has 0 aliphatic carbocycles. The number of hydrogen-bond acceptors (Lipinski definition) is 5. The van der Waals surface area contributed by atoms with Crippen LogP contribution in [0.4, 0.5) is 0 Å². The number of carbonyl (C=O) groups excluding carboxylic acids is 1. The van der Waals surface area contributed by atoms with Gasteiger partial charge in [-0.05, 0) is 25.5 Å². The van der Waals surface area contributed by atoms with Gasteiger partial charge < -0.3 is 5.32 Å². The summed E-state index contributed by atoms with van der Waals surface area (Å²) >= 11 is 0. The number of carbonyl (C=O) groups is 1. The highest BCUT2D eigenvalue weighted by Gasteiger charge is 2.21. The van der Waals surface area contributed by atoms with Gasteiger partial charge in [-0.1, -0.05) is 6.07 Å². The summed E-state index contributed by atoms with van der Waals surface area (Å²) in [4.78, 5) is 54.8. The fraction of sp³-hybridized carbons (Fsp3) is 0.316. The molecule has 146 valence electrons.